The van der Waals surface area contributed by atoms with Crippen LogP contribution < -0.4 is 5.32 Å². The van der Waals surface area contributed by atoms with E-state index in [1.807, 2.05) is 0 Å². The van der Waals surface area contributed by atoms with Crippen molar-refractivity contribution in [3.63, 3.8) is 0 Å². The highest BCUT2D eigenvalue weighted by Gasteiger charge is 2.20. The Bertz CT molecular complexity index is 682. The smallest absolute Gasteiger partial charge is 0.280 e. The molecule has 6 nitrogen and oxygen atoms in total. The first-order valence-electron chi connectivity index (χ1n) is 7.61. The number of hydrogen-bond acceptors (Lipinski definition) is 4. The van der Waals surface area contributed by atoms with Crippen LogP contribution in [0.1, 0.15) is 42.0 Å². The van der Waals surface area contributed by atoms with Crippen LogP contribution in [0.25, 0.3) is 5.65 Å². The fourth-order valence-electron chi connectivity index (χ4n) is 2.39. The molecule has 0 saturated heterocycles. The molecule has 23 heavy (non-hydrogen) atoms. The molecule has 0 aliphatic carbocycles. The molecule has 0 aromatic carbocycles. The minimum absolute atomic E-state index is 0.153. The molecule has 126 valence electrons. The van der Waals surface area contributed by atoms with Gasteiger partial charge in [0.15, 0.2) is 5.65 Å². The summed E-state index contributed by atoms with van der Waals surface area (Å²) < 4.78 is 27.1. The number of alkyl halides is 2. The van der Waals surface area contributed by atoms with E-state index in [4.69, 9.17) is 0 Å². The average molecular weight is 325 g/mol. The Morgan fingerprint density at radius 2 is 2.09 bits per heavy atom. The molecule has 0 unspecified atom stereocenters. The predicted octanol–water partition coefficient (Wildman–Crippen LogP) is 2.05. The third-order valence-corrected chi connectivity index (χ3v) is 3.70. The molecule has 0 fully saturated rings. The fourth-order valence-corrected chi connectivity index (χ4v) is 2.39. The second-order valence-electron chi connectivity index (χ2n) is 5.20. The lowest BCUT2D eigenvalue weighted by molar-refractivity contribution is 0.0950. The van der Waals surface area contributed by atoms with Crippen LogP contribution >= 0.6 is 0 Å². The van der Waals surface area contributed by atoms with Gasteiger partial charge in [-0.25, -0.2) is 18.3 Å². The van der Waals surface area contributed by atoms with Crippen LogP contribution in [-0.2, 0) is 0 Å². The van der Waals surface area contributed by atoms with Gasteiger partial charge in [0.2, 0.25) is 0 Å². The van der Waals surface area contributed by atoms with Gasteiger partial charge in [-0.05, 0) is 26.1 Å². The Balaban J connectivity index is 2.18. The van der Waals surface area contributed by atoms with E-state index in [0.29, 0.717) is 12.2 Å². The van der Waals surface area contributed by atoms with Crippen molar-refractivity contribution in [3.8, 4) is 0 Å². The fraction of sp³-hybridized carbons (Fsp3) is 0.533. The molecule has 0 bridgehead atoms. The standard InChI is InChI=1S/C15H21F2N5O/c1-4-21(5-2)7-6-18-15(23)11-9-19-22-12(13(16)17)8-10(3)20-14(11)22/h8-9,13H,4-7H2,1-3H3,(H,18,23). The zero-order valence-electron chi connectivity index (χ0n) is 13.5. The summed E-state index contributed by atoms with van der Waals surface area (Å²) in [5, 5.41) is 6.66. The summed E-state index contributed by atoms with van der Waals surface area (Å²) in [4.78, 5) is 18.6. The van der Waals surface area contributed by atoms with Crippen molar-refractivity contribution in [1.29, 1.82) is 0 Å². The van der Waals surface area contributed by atoms with Gasteiger partial charge in [0.05, 0.1) is 6.20 Å². The van der Waals surface area contributed by atoms with Crippen LogP contribution in [-0.4, -0.2) is 51.6 Å². The molecule has 0 spiro atoms. The minimum Gasteiger partial charge on any atom is -0.351 e. The van der Waals surface area contributed by atoms with Crippen molar-refractivity contribution in [1.82, 2.24) is 24.8 Å². The zero-order valence-corrected chi connectivity index (χ0v) is 13.5. The maximum Gasteiger partial charge on any atom is 0.280 e. The Morgan fingerprint density at radius 1 is 1.39 bits per heavy atom. The Kier molecular flexibility index (Phi) is 5.59. The second kappa shape index (κ2) is 7.45. The lowest BCUT2D eigenvalue weighted by Crippen LogP contribution is -2.34. The normalized spacial score (nSPS) is 11.6. The van der Waals surface area contributed by atoms with E-state index in [1.54, 1.807) is 6.92 Å². The molecule has 1 N–H and O–H groups in total. The first-order valence-corrected chi connectivity index (χ1v) is 7.61. The third-order valence-electron chi connectivity index (χ3n) is 3.70. The van der Waals surface area contributed by atoms with Gasteiger partial charge in [-0.15, -0.1) is 0 Å². The summed E-state index contributed by atoms with van der Waals surface area (Å²) in [5.41, 5.74) is 0.510. The average Bonchev–Trinajstić information content (AvgIpc) is 2.94. The van der Waals surface area contributed by atoms with Gasteiger partial charge in [0.25, 0.3) is 12.3 Å². The van der Waals surface area contributed by atoms with Crippen molar-refractivity contribution >= 4 is 11.6 Å². The summed E-state index contributed by atoms with van der Waals surface area (Å²) in [7, 11) is 0. The van der Waals surface area contributed by atoms with Crippen LogP contribution in [0.3, 0.4) is 0 Å². The number of amides is 1. The number of likely N-dealkylation sites (N-methyl/N-ethyl adjacent to an activating group) is 1. The van der Waals surface area contributed by atoms with Gasteiger partial charge in [-0.3, -0.25) is 4.79 Å². The summed E-state index contributed by atoms with van der Waals surface area (Å²) in [5.74, 6) is -0.356. The molecule has 0 radical (unpaired) electrons. The van der Waals surface area contributed by atoms with Crippen LogP contribution in [0, 0.1) is 6.92 Å². The van der Waals surface area contributed by atoms with E-state index in [1.165, 1.54) is 12.3 Å². The number of nitrogens with zero attached hydrogens (tertiary/aromatic N) is 4. The van der Waals surface area contributed by atoms with Crippen molar-refractivity contribution in [2.75, 3.05) is 26.2 Å². The third kappa shape index (κ3) is 3.82. The number of aryl methyl sites for hydroxylation is 1. The maximum absolute atomic E-state index is 13.1. The Labute approximate surface area is 133 Å². The number of carbonyl (C=O) groups excluding carboxylic acids is 1. The van der Waals surface area contributed by atoms with E-state index in [2.05, 4.69) is 34.1 Å². The predicted molar refractivity (Wildman–Crippen MR) is 82.8 cm³/mol. The topological polar surface area (TPSA) is 62.5 Å². The summed E-state index contributed by atoms with van der Waals surface area (Å²) >= 11 is 0. The number of carbonyl (C=O) groups is 1. The molecule has 2 heterocycles. The van der Waals surface area contributed by atoms with Gasteiger partial charge in [0.1, 0.15) is 11.3 Å². The summed E-state index contributed by atoms with van der Waals surface area (Å²) in [6, 6.07) is 1.27. The highest BCUT2D eigenvalue weighted by Crippen LogP contribution is 2.21. The van der Waals surface area contributed by atoms with Crippen molar-refractivity contribution in [3.05, 3.63) is 29.2 Å². The second-order valence-corrected chi connectivity index (χ2v) is 5.20. The van der Waals surface area contributed by atoms with E-state index in [9.17, 15) is 13.6 Å². The first-order chi connectivity index (χ1) is 11.0. The van der Waals surface area contributed by atoms with Crippen molar-refractivity contribution in [2.24, 2.45) is 0 Å². The number of nitrogens with one attached hydrogen (secondary N) is 1. The molecule has 2 aromatic heterocycles. The van der Waals surface area contributed by atoms with Gasteiger partial charge >= 0.3 is 0 Å². The first kappa shape index (κ1) is 17.3. The molecule has 8 heteroatoms. The molecular weight excluding hydrogens is 304 g/mol. The van der Waals surface area contributed by atoms with Crippen LogP contribution in [0.2, 0.25) is 0 Å². The van der Waals surface area contributed by atoms with Crippen molar-refractivity contribution < 1.29 is 13.6 Å². The molecule has 0 atom stereocenters. The quantitative estimate of drug-likeness (QED) is 0.846. The Hall–Kier alpha value is -2.09. The van der Waals surface area contributed by atoms with Gasteiger partial charge < -0.3 is 10.2 Å². The molecule has 2 aromatic rings. The number of aromatic nitrogens is 3. The molecule has 0 aliphatic rings. The van der Waals surface area contributed by atoms with Crippen molar-refractivity contribution in [2.45, 2.75) is 27.2 Å². The summed E-state index contributed by atoms with van der Waals surface area (Å²) in [6.07, 6.45) is -1.40. The largest absolute Gasteiger partial charge is 0.351 e. The highest BCUT2D eigenvalue weighted by atomic mass is 19.3. The van der Waals surface area contributed by atoms with Gasteiger partial charge in [-0.2, -0.15) is 5.10 Å². The minimum atomic E-state index is -2.68. The monoisotopic (exact) mass is 325 g/mol. The van der Waals surface area contributed by atoms with Gasteiger partial charge in [0, 0.05) is 18.8 Å². The Morgan fingerprint density at radius 3 is 2.70 bits per heavy atom. The van der Waals surface area contributed by atoms with E-state index in [0.717, 1.165) is 24.1 Å². The SMILES string of the molecule is CCN(CC)CCNC(=O)c1cnn2c(C(F)F)cc(C)nc12. The number of rotatable bonds is 7. The van der Waals surface area contributed by atoms with E-state index in [-0.39, 0.29) is 22.8 Å². The van der Waals surface area contributed by atoms with E-state index < -0.39 is 6.43 Å². The molecular formula is C15H21F2N5O. The molecule has 0 aliphatic heterocycles. The number of fused-ring (bicyclic) bond motifs is 1. The molecule has 1 amide bonds. The molecule has 0 saturated carbocycles. The van der Waals surface area contributed by atoms with Crippen LogP contribution in [0.5, 0.6) is 0 Å². The number of hydrogen-bond donors (Lipinski definition) is 1. The summed E-state index contributed by atoms with van der Waals surface area (Å²) in [6.45, 7) is 8.73. The van der Waals surface area contributed by atoms with Crippen LogP contribution in [0.15, 0.2) is 12.3 Å². The lowest BCUT2D eigenvalue weighted by atomic mass is 10.3. The molecule has 2 rings (SSSR count). The van der Waals surface area contributed by atoms with E-state index >= 15 is 0 Å². The maximum atomic E-state index is 13.1. The lowest BCUT2D eigenvalue weighted by Gasteiger charge is -2.17. The number of halogens is 2. The zero-order chi connectivity index (χ0) is 17.0. The van der Waals surface area contributed by atoms with Gasteiger partial charge in [-0.1, -0.05) is 13.8 Å². The van der Waals surface area contributed by atoms with Crippen LogP contribution in [0.4, 0.5) is 8.78 Å². The highest BCUT2D eigenvalue weighted by molar-refractivity contribution is 5.99.